The number of anilines is 2. The lowest BCUT2D eigenvalue weighted by atomic mass is 10.2. The van der Waals surface area contributed by atoms with E-state index < -0.39 is 18.5 Å². The van der Waals surface area contributed by atoms with Crippen LogP contribution in [0.15, 0.2) is 41.2 Å². The summed E-state index contributed by atoms with van der Waals surface area (Å²) in [5, 5.41) is 6.59. The minimum Gasteiger partial charge on any atom is -0.451 e. The van der Waals surface area contributed by atoms with E-state index in [1.54, 1.807) is 29.2 Å². The molecule has 1 aromatic heterocycles. The number of amides is 2. The Morgan fingerprint density at radius 2 is 2.03 bits per heavy atom. The smallest absolute Gasteiger partial charge is 0.359 e. The van der Waals surface area contributed by atoms with Crippen LogP contribution in [0.2, 0.25) is 0 Å². The second-order valence-corrected chi connectivity index (χ2v) is 6.60. The molecule has 1 N–H and O–H groups in total. The van der Waals surface area contributed by atoms with E-state index in [0.29, 0.717) is 37.3 Å². The monoisotopic (exact) mass is 398 g/mol. The standard InChI is InChI=1S/C20H22N4O5/c1-2-10-24-19(27)9-8-16(22-24)20(28)29-13-17(25)21-14-5-3-6-15(12-14)23-11-4-7-18(23)26/h3,5-6,8-9,12H,2,4,7,10-11,13H2,1H3,(H,21,25). The zero-order valence-electron chi connectivity index (χ0n) is 16.1. The average molecular weight is 398 g/mol. The minimum absolute atomic E-state index is 0.0413. The van der Waals surface area contributed by atoms with Crippen LogP contribution < -0.4 is 15.8 Å². The van der Waals surface area contributed by atoms with Gasteiger partial charge in [0, 0.05) is 37.0 Å². The Hall–Kier alpha value is -3.49. The molecule has 2 aromatic rings. The van der Waals surface area contributed by atoms with Crippen molar-refractivity contribution in [3.63, 3.8) is 0 Å². The maximum atomic E-state index is 12.1. The quantitative estimate of drug-likeness (QED) is 0.709. The molecule has 0 unspecified atom stereocenters. The molecular formula is C20H22N4O5. The Bertz CT molecular complexity index is 985. The van der Waals surface area contributed by atoms with Crippen molar-refractivity contribution in [1.29, 1.82) is 0 Å². The lowest BCUT2D eigenvalue weighted by Crippen LogP contribution is -2.26. The highest BCUT2D eigenvalue weighted by atomic mass is 16.5. The molecule has 29 heavy (non-hydrogen) atoms. The molecule has 0 aliphatic carbocycles. The molecule has 0 radical (unpaired) electrons. The molecule has 2 heterocycles. The SMILES string of the molecule is CCCn1nc(C(=O)OCC(=O)Nc2cccc(N3CCCC3=O)c2)ccc1=O. The number of aromatic nitrogens is 2. The Balaban J connectivity index is 1.57. The van der Waals surface area contributed by atoms with Gasteiger partial charge in [-0.25, -0.2) is 9.48 Å². The van der Waals surface area contributed by atoms with Gasteiger partial charge in [-0.1, -0.05) is 13.0 Å². The van der Waals surface area contributed by atoms with Crippen molar-refractivity contribution in [1.82, 2.24) is 9.78 Å². The van der Waals surface area contributed by atoms with Gasteiger partial charge < -0.3 is 15.0 Å². The largest absolute Gasteiger partial charge is 0.451 e. The van der Waals surface area contributed by atoms with Crippen LogP contribution in [0, 0.1) is 0 Å². The summed E-state index contributed by atoms with van der Waals surface area (Å²) in [6.07, 6.45) is 2.02. The number of hydrogen-bond acceptors (Lipinski definition) is 6. The molecule has 1 aliphatic rings. The van der Waals surface area contributed by atoms with Gasteiger partial charge in [0.25, 0.3) is 11.5 Å². The number of benzene rings is 1. The molecule has 0 spiro atoms. The van der Waals surface area contributed by atoms with E-state index in [9.17, 15) is 19.2 Å². The van der Waals surface area contributed by atoms with E-state index in [-0.39, 0.29) is 17.2 Å². The first-order valence-electron chi connectivity index (χ1n) is 9.43. The van der Waals surface area contributed by atoms with Crippen LogP contribution >= 0.6 is 0 Å². The molecule has 1 aliphatic heterocycles. The first kappa shape index (κ1) is 20.2. The molecule has 0 saturated carbocycles. The molecule has 3 rings (SSSR count). The van der Waals surface area contributed by atoms with Gasteiger partial charge >= 0.3 is 5.97 Å². The second-order valence-electron chi connectivity index (χ2n) is 6.60. The third-order valence-electron chi connectivity index (χ3n) is 4.36. The lowest BCUT2D eigenvalue weighted by Gasteiger charge is -2.16. The molecule has 152 valence electrons. The summed E-state index contributed by atoms with van der Waals surface area (Å²) in [5.41, 5.74) is 0.862. The highest BCUT2D eigenvalue weighted by Gasteiger charge is 2.22. The fourth-order valence-electron chi connectivity index (χ4n) is 3.00. The number of nitrogens with one attached hydrogen (secondary N) is 1. The van der Waals surface area contributed by atoms with Gasteiger partial charge in [-0.2, -0.15) is 5.10 Å². The summed E-state index contributed by atoms with van der Waals surface area (Å²) in [6, 6.07) is 9.44. The van der Waals surface area contributed by atoms with Crippen LogP contribution in [0.4, 0.5) is 11.4 Å². The van der Waals surface area contributed by atoms with E-state index in [2.05, 4.69) is 10.4 Å². The van der Waals surface area contributed by atoms with Crippen molar-refractivity contribution >= 4 is 29.2 Å². The maximum absolute atomic E-state index is 12.1. The molecular weight excluding hydrogens is 376 g/mol. The van der Waals surface area contributed by atoms with E-state index in [1.165, 1.54) is 16.8 Å². The van der Waals surface area contributed by atoms with Gasteiger partial charge in [-0.3, -0.25) is 14.4 Å². The van der Waals surface area contributed by atoms with Crippen molar-refractivity contribution < 1.29 is 19.1 Å². The summed E-state index contributed by atoms with van der Waals surface area (Å²) in [4.78, 5) is 49.4. The van der Waals surface area contributed by atoms with Crippen molar-refractivity contribution in [3.05, 3.63) is 52.4 Å². The number of rotatable bonds is 7. The summed E-state index contributed by atoms with van der Waals surface area (Å²) in [5.74, 6) is -1.26. The second kappa shape index (κ2) is 9.13. The normalized spacial score (nSPS) is 13.4. The number of ether oxygens (including phenoxy) is 1. The molecule has 0 bridgehead atoms. The predicted octanol–water partition coefficient (Wildman–Crippen LogP) is 1.58. The minimum atomic E-state index is -0.790. The summed E-state index contributed by atoms with van der Waals surface area (Å²) in [6.45, 7) is 2.43. The van der Waals surface area contributed by atoms with Crippen LogP contribution in [-0.4, -0.2) is 40.7 Å². The van der Waals surface area contributed by atoms with Crippen LogP contribution in [0.1, 0.15) is 36.7 Å². The number of nitrogens with zero attached hydrogens (tertiary/aromatic N) is 3. The highest BCUT2D eigenvalue weighted by Crippen LogP contribution is 2.24. The van der Waals surface area contributed by atoms with Crippen molar-refractivity contribution in [2.75, 3.05) is 23.4 Å². The fourth-order valence-corrected chi connectivity index (χ4v) is 3.00. The Morgan fingerprint density at radius 1 is 1.21 bits per heavy atom. The Morgan fingerprint density at radius 3 is 2.76 bits per heavy atom. The molecule has 1 saturated heterocycles. The van der Waals surface area contributed by atoms with Gasteiger partial charge in [-0.05, 0) is 37.1 Å². The average Bonchev–Trinajstić information content (AvgIpc) is 3.14. The Labute approximate surface area is 167 Å². The van der Waals surface area contributed by atoms with E-state index in [0.717, 1.165) is 6.42 Å². The third kappa shape index (κ3) is 5.07. The number of hydrogen-bond donors (Lipinski definition) is 1. The van der Waals surface area contributed by atoms with Gasteiger partial charge in [-0.15, -0.1) is 0 Å². The van der Waals surface area contributed by atoms with Crippen molar-refractivity contribution in [2.45, 2.75) is 32.7 Å². The molecule has 1 aromatic carbocycles. The predicted molar refractivity (Wildman–Crippen MR) is 106 cm³/mol. The van der Waals surface area contributed by atoms with Crippen LogP contribution in [0.3, 0.4) is 0 Å². The van der Waals surface area contributed by atoms with Crippen molar-refractivity contribution in [2.24, 2.45) is 0 Å². The first-order valence-corrected chi connectivity index (χ1v) is 9.43. The summed E-state index contributed by atoms with van der Waals surface area (Å²) in [7, 11) is 0. The van der Waals surface area contributed by atoms with E-state index in [1.807, 2.05) is 6.92 Å². The number of carbonyl (C=O) groups is 3. The zero-order chi connectivity index (χ0) is 20.8. The van der Waals surface area contributed by atoms with Gasteiger partial charge in [0.2, 0.25) is 5.91 Å². The molecule has 0 atom stereocenters. The highest BCUT2D eigenvalue weighted by molar-refractivity contribution is 5.98. The van der Waals surface area contributed by atoms with Crippen LogP contribution in [-0.2, 0) is 20.9 Å². The van der Waals surface area contributed by atoms with Crippen molar-refractivity contribution in [3.8, 4) is 0 Å². The number of carbonyl (C=O) groups excluding carboxylic acids is 3. The van der Waals surface area contributed by atoms with Gasteiger partial charge in [0.05, 0.1) is 0 Å². The van der Waals surface area contributed by atoms with E-state index >= 15 is 0 Å². The first-order chi connectivity index (χ1) is 14.0. The molecule has 9 heteroatoms. The number of esters is 1. The van der Waals surface area contributed by atoms with Crippen LogP contribution in [0.5, 0.6) is 0 Å². The van der Waals surface area contributed by atoms with Crippen LogP contribution in [0.25, 0.3) is 0 Å². The van der Waals surface area contributed by atoms with E-state index in [4.69, 9.17) is 4.74 Å². The summed E-state index contributed by atoms with van der Waals surface area (Å²) >= 11 is 0. The lowest BCUT2D eigenvalue weighted by molar-refractivity contribution is -0.119. The summed E-state index contributed by atoms with van der Waals surface area (Å²) < 4.78 is 6.17. The molecule has 2 amide bonds. The number of aryl methyl sites for hydroxylation is 1. The maximum Gasteiger partial charge on any atom is 0.359 e. The molecule has 1 fully saturated rings. The Kier molecular flexibility index (Phi) is 6.38. The topological polar surface area (TPSA) is 111 Å². The van der Waals surface area contributed by atoms with Gasteiger partial charge in [0.1, 0.15) is 0 Å². The fraction of sp³-hybridized carbons (Fsp3) is 0.350. The molecule has 9 nitrogen and oxygen atoms in total. The van der Waals surface area contributed by atoms with Gasteiger partial charge in [0.15, 0.2) is 12.3 Å². The zero-order valence-corrected chi connectivity index (χ0v) is 16.1. The third-order valence-corrected chi connectivity index (χ3v) is 4.36.